The number of benzene rings is 1. The van der Waals surface area contributed by atoms with E-state index in [1.165, 1.54) is 23.4 Å². The molecule has 1 aliphatic rings. The average Bonchev–Trinajstić information content (AvgIpc) is 3.49. The molecule has 0 bridgehead atoms. The summed E-state index contributed by atoms with van der Waals surface area (Å²) in [6.07, 6.45) is 1.34. The van der Waals surface area contributed by atoms with Crippen LogP contribution in [0.25, 0.3) is 22.6 Å². The van der Waals surface area contributed by atoms with Crippen LogP contribution in [0.5, 0.6) is 5.75 Å². The van der Waals surface area contributed by atoms with Crippen LogP contribution in [0.1, 0.15) is 48.9 Å². The van der Waals surface area contributed by atoms with E-state index in [0.717, 1.165) is 12.2 Å². The first-order valence-electron chi connectivity index (χ1n) is 11.0. The Morgan fingerprint density at radius 3 is 2.82 bits per heavy atom. The van der Waals surface area contributed by atoms with Crippen LogP contribution in [0.3, 0.4) is 0 Å². The highest BCUT2D eigenvalue weighted by Gasteiger charge is 2.37. The van der Waals surface area contributed by atoms with Gasteiger partial charge in [-0.15, -0.1) is 5.10 Å². The number of H-pyrrole nitrogens is 1. The molecule has 0 unspecified atom stereocenters. The summed E-state index contributed by atoms with van der Waals surface area (Å²) in [6.45, 7) is 5.68. The van der Waals surface area contributed by atoms with E-state index in [-0.39, 0.29) is 17.2 Å². The van der Waals surface area contributed by atoms with Crippen molar-refractivity contribution >= 4 is 0 Å². The first-order valence-corrected chi connectivity index (χ1v) is 11.0. The molecular weight excluding hydrogens is 445 g/mol. The van der Waals surface area contributed by atoms with E-state index in [9.17, 15) is 13.2 Å². The number of ether oxygens (including phenoxy) is 1. The second kappa shape index (κ2) is 8.58. The van der Waals surface area contributed by atoms with Gasteiger partial charge >= 0.3 is 6.18 Å². The van der Waals surface area contributed by atoms with Crippen molar-refractivity contribution in [2.75, 3.05) is 6.61 Å². The van der Waals surface area contributed by atoms with Crippen LogP contribution in [0.4, 0.5) is 13.2 Å². The molecule has 7 nitrogen and oxygen atoms in total. The second-order valence-electron chi connectivity index (χ2n) is 8.67. The van der Waals surface area contributed by atoms with Gasteiger partial charge < -0.3 is 9.30 Å². The summed E-state index contributed by atoms with van der Waals surface area (Å²) in [6, 6.07) is 9.31. The van der Waals surface area contributed by atoms with E-state index in [2.05, 4.69) is 52.3 Å². The van der Waals surface area contributed by atoms with Gasteiger partial charge in [-0.2, -0.15) is 13.2 Å². The predicted octanol–water partition coefficient (Wildman–Crippen LogP) is 5.44. The van der Waals surface area contributed by atoms with Crippen LogP contribution < -0.4 is 4.74 Å². The van der Waals surface area contributed by atoms with Crippen LogP contribution in [0.2, 0.25) is 0 Å². The Morgan fingerprint density at radius 1 is 1.18 bits per heavy atom. The van der Waals surface area contributed by atoms with Gasteiger partial charge in [0.1, 0.15) is 17.1 Å². The van der Waals surface area contributed by atoms with E-state index in [1.54, 1.807) is 12.4 Å². The number of nitrogens with one attached hydrogen (secondary N) is 1. The fraction of sp³-hybridized carbons (Fsp3) is 0.333. The lowest BCUT2D eigenvalue weighted by Crippen LogP contribution is -2.19. The number of hydrogen-bond donors (Lipinski definition) is 1. The highest BCUT2D eigenvalue weighted by molar-refractivity contribution is 5.67. The minimum atomic E-state index is -4.58. The van der Waals surface area contributed by atoms with Gasteiger partial charge in [-0.05, 0) is 35.6 Å². The first-order chi connectivity index (χ1) is 16.3. The Balaban J connectivity index is 1.40. The number of aromatic amines is 1. The molecular formula is C24H23F3N6O. The molecule has 0 saturated heterocycles. The smallest absolute Gasteiger partial charge is 0.435 e. The summed E-state index contributed by atoms with van der Waals surface area (Å²) in [7, 11) is 0. The third-order valence-corrected chi connectivity index (χ3v) is 6.04. The van der Waals surface area contributed by atoms with Crippen molar-refractivity contribution < 1.29 is 17.9 Å². The van der Waals surface area contributed by atoms with Crippen molar-refractivity contribution in [2.45, 2.75) is 44.8 Å². The van der Waals surface area contributed by atoms with E-state index < -0.39 is 11.9 Å². The molecule has 0 aliphatic carbocycles. The molecule has 0 amide bonds. The van der Waals surface area contributed by atoms with Crippen LogP contribution in [-0.2, 0) is 12.7 Å². The molecule has 0 radical (unpaired) electrons. The summed E-state index contributed by atoms with van der Waals surface area (Å²) in [5.41, 5.74) is 2.44. The van der Waals surface area contributed by atoms with E-state index >= 15 is 0 Å². The minimum Gasteiger partial charge on any atom is -0.493 e. The summed E-state index contributed by atoms with van der Waals surface area (Å²) in [4.78, 5) is 8.75. The normalized spacial score (nSPS) is 15.9. The monoisotopic (exact) mass is 468 g/mol. The van der Waals surface area contributed by atoms with E-state index in [4.69, 9.17) is 4.74 Å². The number of imidazole rings is 1. The molecule has 176 valence electrons. The van der Waals surface area contributed by atoms with Gasteiger partial charge in [0.2, 0.25) is 0 Å². The molecule has 4 heterocycles. The minimum absolute atomic E-state index is 0.264. The van der Waals surface area contributed by atoms with Crippen molar-refractivity contribution in [3.63, 3.8) is 0 Å². The number of pyridine rings is 1. The molecule has 1 N–H and O–H groups in total. The largest absolute Gasteiger partial charge is 0.493 e. The van der Waals surface area contributed by atoms with E-state index in [1.807, 2.05) is 15.9 Å². The standard InChI is InChI=1S/C24H23F3N6O/c1-14(2)17-4-3-5-18-16(7-9-34-22(17)18)11-33-12-20(29-13-33)19-10-15(6-8-28-19)21-23(24(25,26)27)31-32-30-21/h3-6,8,10,12-14,16H,7,9,11H2,1-2H3,(H,30,31,32)/t16-/m1/s1. The number of rotatable bonds is 5. The number of para-hydroxylation sites is 1. The molecule has 1 atom stereocenters. The number of hydrogen-bond acceptors (Lipinski definition) is 5. The number of halogens is 3. The molecule has 0 fully saturated rings. The molecule has 1 aliphatic heterocycles. The highest BCUT2D eigenvalue weighted by atomic mass is 19.4. The lowest BCUT2D eigenvalue weighted by molar-refractivity contribution is -0.140. The number of alkyl halides is 3. The highest BCUT2D eigenvalue weighted by Crippen LogP contribution is 2.40. The van der Waals surface area contributed by atoms with Crippen molar-refractivity contribution in [3.05, 3.63) is 65.9 Å². The number of aromatic nitrogens is 6. The average molecular weight is 468 g/mol. The van der Waals surface area contributed by atoms with Crippen LogP contribution in [-0.4, -0.2) is 36.6 Å². The Hall–Kier alpha value is -3.69. The van der Waals surface area contributed by atoms with Crippen molar-refractivity contribution in [3.8, 4) is 28.4 Å². The molecule has 4 aromatic rings. The van der Waals surface area contributed by atoms with Crippen molar-refractivity contribution in [2.24, 2.45) is 0 Å². The van der Waals surface area contributed by atoms with Gasteiger partial charge in [0.15, 0.2) is 5.69 Å². The molecule has 1 aromatic carbocycles. The maximum Gasteiger partial charge on any atom is 0.435 e. The molecule has 5 rings (SSSR count). The SMILES string of the molecule is CC(C)c1cccc2c1OCC[C@@H]2Cn1cnc(-c2cc(-c3nn[nH]c3C(F)(F)F)ccn2)c1. The number of fused-ring (bicyclic) bond motifs is 1. The molecule has 3 aromatic heterocycles. The number of nitrogens with zero attached hydrogens (tertiary/aromatic N) is 5. The van der Waals surface area contributed by atoms with Gasteiger partial charge in [-0.3, -0.25) is 10.1 Å². The first kappa shape index (κ1) is 22.1. The third-order valence-electron chi connectivity index (χ3n) is 6.04. The third kappa shape index (κ3) is 4.15. The topological polar surface area (TPSA) is 81.5 Å². The van der Waals surface area contributed by atoms with Gasteiger partial charge in [0.25, 0.3) is 0 Å². The zero-order valence-electron chi connectivity index (χ0n) is 18.7. The van der Waals surface area contributed by atoms with Crippen molar-refractivity contribution in [1.82, 2.24) is 29.9 Å². The maximum absolute atomic E-state index is 13.2. The van der Waals surface area contributed by atoms with Crippen LogP contribution in [0, 0.1) is 0 Å². The van der Waals surface area contributed by atoms with Crippen LogP contribution >= 0.6 is 0 Å². The summed E-state index contributed by atoms with van der Waals surface area (Å²) in [5.74, 6) is 1.62. The van der Waals surface area contributed by atoms with Gasteiger partial charge in [-0.1, -0.05) is 37.3 Å². The maximum atomic E-state index is 13.2. The lowest BCUT2D eigenvalue weighted by atomic mass is 9.88. The Bertz CT molecular complexity index is 1310. The molecule has 34 heavy (non-hydrogen) atoms. The van der Waals surface area contributed by atoms with Crippen molar-refractivity contribution in [1.29, 1.82) is 0 Å². The molecule has 0 saturated carbocycles. The molecule has 0 spiro atoms. The van der Waals surface area contributed by atoms with Crippen LogP contribution in [0.15, 0.2) is 49.1 Å². The van der Waals surface area contributed by atoms with Gasteiger partial charge in [-0.25, -0.2) is 4.98 Å². The summed E-state index contributed by atoms with van der Waals surface area (Å²) >= 11 is 0. The molecule has 10 heteroatoms. The van der Waals surface area contributed by atoms with E-state index in [0.29, 0.717) is 30.5 Å². The summed E-state index contributed by atoms with van der Waals surface area (Å²) < 4.78 is 47.7. The van der Waals surface area contributed by atoms with Gasteiger partial charge in [0, 0.05) is 30.4 Å². The lowest BCUT2D eigenvalue weighted by Gasteiger charge is -2.28. The predicted molar refractivity (Wildman–Crippen MR) is 119 cm³/mol. The van der Waals surface area contributed by atoms with Gasteiger partial charge in [0.05, 0.1) is 18.6 Å². The Labute approximate surface area is 194 Å². The Morgan fingerprint density at radius 2 is 2.03 bits per heavy atom. The Kier molecular flexibility index (Phi) is 5.59. The zero-order chi connectivity index (χ0) is 23.9. The fourth-order valence-electron chi connectivity index (χ4n) is 4.36. The second-order valence-corrected chi connectivity index (χ2v) is 8.67. The summed E-state index contributed by atoms with van der Waals surface area (Å²) in [5, 5.41) is 8.88. The zero-order valence-corrected chi connectivity index (χ0v) is 18.7. The fourth-order valence-corrected chi connectivity index (χ4v) is 4.36. The quantitative estimate of drug-likeness (QED) is 0.422.